The van der Waals surface area contributed by atoms with E-state index in [9.17, 15) is 98.1 Å². The van der Waals surface area contributed by atoms with E-state index < -0.39 is 208 Å². The Morgan fingerprint density at radius 3 is 1.04 bits per heavy atom. The van der Waals surface area contributed by atoms with E-state index in [2.05, 4.69) is 10.6 Å². The number of aliphatic hydroxyl groups is 4. The van der Waals surface area contributed by atoms with Gasteiger partial charge in [-0.05, 0) is 32.1 Å². The molecule has 0 saturated carbocycles. The van der Waals surface area contributed by atoms with Crippen molar-refractivity contribution in [2.45, 2.75) is 133 Å². The Kier molecular flexibility index (Phi) is 27.9. The third-order valence-corrected chi connectivity index (χ3v) is 9.90. The lowest BCUT2D eigenvalue weighted by molar-refractivity contribution is -0.145. The number of carbonyl (C=O) groups is 13. The summed E-state index contributed by atoms with van der Waals surface area (Å²) >= 11 is 0. The molecular formula is C38H61N9O22. The predicted molar refractivity (Wildman–Crippen MR) is 226 cm³/mol. The Morgan fingerprint density at radius 1 is 0.420 bits per heavy atom. The van der Waals surface area contributed by atoms with Crippen LogP contribution in [0.1, 0.15) is 72.1 Å². The predicted octanol–water partition coefficient (Wildman–Crippen LogP) is -8.25. The molecule has 69 heavy (non-hydrogen) atoms. The number of carbonyl (C=O) groups excluding carboxylic acids is 8. The molecule has 0 rings (SSSR count). The molecule has 0 aliphatic carbocycles. The van der Waals surface area contributed by atoms with Crippen LogP contribution in [0.25, 0.3) is 0 Å². The van der Waals surface area contributed by atoms with Gasteiger partial charge in [-0.25, -0.2) is 4.79 Å². The highest BCUT2D eigenvalue weighted by Gasteiger charge is 2.36. The second-order valence-electron chi connectivity index (χ2n) is 15.3. The van der Waals surface area contributed by atoms with E-state index in [1.54, 1.807) is 13.8 Å². The molecule has 0 aromatic carbocycles. The maximum absolute atomic E-state index is 13.4. The van der Waals surface area contributed by atoms with E-state index >= 15 is 0 Å². The molecule has 0 aliphatic rings. The van der Waals surface area contributed by atoms with Crippen LogP contribution in [0.15, 0.2) is 0 Å². The van der Waals surface area contributed by atoms with E-state index in [1.165, 1.54) is 6.92 Å². The molecule has 0 unspecified atom stereocenters. The number of nitrogens with one attached hydrogen (secondary N) is 8. The van der Waals surface area contributed by atoms with E-state index in [4.69, 9.17) is 15.9 Å². The molecule has 0 aliphatic heterocycles. The summed E-state index contributed by atoms with van der Waals surface area (Å²) in [6.07, 6.45) is -6.59. The molecular weight excluding hydrogens is 934 g/mol. The first kappa shape index (κ1) is 61.9. The Hall–Kier alpha value is -7.09. The SMILES string of the molecule is CC[C@H](C)[C@H](NC(=O)[C@@H](N)[C@@H](C)O)C(=O)N[C@@H](CCC(=O)O)C(=O)N[C@@H](CO)C(=O)N[C@@H](CO)C(=O)N[C@@H](CO)C(=O)N[C@@H](CC(=O)O)C(=O)N[C@@H](CCC(=O)O)C(=O)N[C@@H](CCC(=O)O)C(=O)O. The van der Waals surface area contributed by atoms with Crippen LogP contribution in [0.2, 0.25) is 0 Å². The third-order valence-electron chi connectivity index (χ3n) is 9.90. The molecule has 0 aromatic rings. The Bertz CT molecular complexity index is 1870. The minimum absolute atomic E-state index is 0.284. The van der Waals surface area contributed by atoms with Crippen molar-refractivity contribution < 1.29 is 108 Å². The van der Waals surface area contributed by atoms with Gasteiger partial charge >= 0.3 is 29.8 Å². The molecule has 19 N–H and O–H groups in total. The van der Waals surface area contributed by atoms with Crippen molar-refractivity contribution >= 4 is 77.1 Å². The van der Waals surface area contributed by atoms with Gasteiger partial charge in [-0.2, -0.15) is 0 Å². The number of amides is 8. The quantitative estimate of drug-likeness (QED) is 0.0285. The highest BCUT2D eigenvalue weighted by molar-refractivity contribution is 5.99. The van der Waals surface area contributed by atoms with Crippen LogP contribution in [0.5, 0.6) is 0 Å². The summed E-state index contributed by atoms with van der Waals surface area (Å²) in [7, 11) is 0. The van der Waals surface area contributed by atoms with Crippen molar-refractivity contribution in [2.75, 3.05) is 19.8 Å². The number of rotatable bonds is 34. The zero-order valence-electron chi connectivity index (χ0n) is 37.5. The summed E-state index contributed by atoms with van der Waals surface area (Å²) in [6, 6.07) is -16.7. The first-order chi connectivity index (χ1) is 32.1. The summed E-state index contributed by atoms with van der Waals surface area (Å²) in [5, 5.41) is 102. The average molecular weight is 996 g/mol. The highest BCUT2D eigenvalue weighted by Crippen LogP contribution is 2.11. The number of carboxylic acid groups (broad SMARTS) is 5. The van der Waals surface area contributed by atoms with Gasteiger partial charge in [0, 0.05) is 19.3 Å². The van der Waals surface area contributed by atoms with Crippen LogP contribution >= 0.6 is 0 Å². The fraction of sp³-hybridized carbons (Fsp3) is 0.658. The Balaban J connectivity index is 6.20. The lowest BCUT2D eigenvalue weighted by Crippen LogP contribution is -2.62. The summed E-state index contributed by atoms with van der Waals surface area (Å²) in [5.41, 5.74) is 5.66. The van der Waals surface area contributed by atoms with Gasteiger partial charge in [0.15, 0.2) is 0 Å². The number of nitrogens with two attached hydrogens (primary N) is 1. The van der Waals surface area contributed by atoms with Crippen LogP contribution in [0.3, 0.4) is 0 Å². The van der Waals surface area contributed by atoms with Crippen LogP contribution < -0.4 is 48.3 Å². The summed E-state index contributed by atoms with van der Waals surface area (Å²) in [5.74, 6) is -18.8. The van der Waals surface area contributed by atoms with Crippen molar-refractivity contribution in [3.05, 3.63) is 0 Å². The fourth-order valence-corrected chi connectivity index (χ4v) is 5.63. The molecule has 0 radical (unpaired) electrons. The zero-order chi connectivity index (χ0) is 53.3. The number of aliphatic carboxylic acids is 5. The van der Waals surface area contributed by atoms with Gasteiger partial charge in [-0.15, -0.1) is 0 Å². The van der Waals surface area contributed by atoms with Gasteiger partial charge in [0.2, 0.25) is 47.3 Å². The van der Waals surface area contributed by atoms with Crippen molar-refractivity contribution in [1.29, 1.82) is 0 Å². The summed E-state index contributed by atoms with van der Waals surface area (Å²) < 4.78 is 0. The molecule has 0 spiro atoms. The molecule has 0 heterocycles. The lowest BCUT2D eigenvalue weighted by atomic mass is 9.97. The van der Waals surface area contributed by atoms with Crippen molar-refractivity contribution in [2.24, 2.45) is 11.7 Å². The molecule has 0 aromatic heterocycles. The first-order valence-corrected chi connectivity index (χ1v) is 20.9. The third kappa shape index (κ3) is 23.0. The molecule has 11 atom stereocenters. The van der Waals surface area contributed by atoms with E-state index in [0.29, 0.717) is 0 Å². The van der Waals surface area contributed by atoms with Gasteiger partial charge in [-0.3, -0.25) is 57.5 Å². The van der Waals surface area contributed by atoms with Crippen molar-refractivity contribution in [3.8, 4) is 0 Å². The molecule has 0 fully saturated rings. The minimum Gasteiger partial charge on any atom is -0.481 e. The van der Waals surface area contributed by atoms with Gasteiger partial charge in [0.05, 0.1) is 32.3 Å². The number of hydrogen-bond donors (Lipinski definition) is 18. The normalized spacial score (nSPS) is 15.7. The van der Waals surface area contributed by atoms with Crippen LogP contribution in [0.4, 0.5) is 0 Å². The zero-order valence-corrected chi connectivity index (χ0v) is 37.5. The smallest absolute Gasteiger partial charge is 0.326 e. The van der Waals surface area contributed by atoms with E-state index in [-0.39, 0.29) is 6.42 Å². The van der Waals surface area contributed by atoms with Crippen LogP contribution in [0, 0.1) is 5.92 Å². The fourth-order valence-electron chi connectivity index (χ4n) is 5.63. The van der Waals surface area contributed by atoms with Crippen molar-refractivity contribution in [1.82, 2.24) is 42.5 Å². The largest absolute Gasteiger partial charge is 0.481 e. The van der Waals surface area contributed by atoms with Gasteiger partial charge in [-0.1, -0.05) is 20.3 Å². The second kappa shape index (κ2) is 31.0. The molecule has 31 nitrogen and oxygen atoms in total. The van der Waals surface area contributed by atoms with Gasteiger partial charge < -0.3 is 94.2 Å². The van der Waals surface area contributed by atoms with Gasteiger partial charge in [0.25, 0.3) is 0 Å². The highest BCUT2D eigenvalue weighted by atomic mass is 16.4. The van der Waals surface area contributed by atoms with Gasteiger partial charge in [0.1, 0.15) is 54.4 Å². The maximum atomic E-state index is 13.4. The Labute approximate surface area is 391 Å². The number of aliphatic hydroxyl groups excluding tert-OH is 4. The maximum Gasteiger partial charge on any atom is 0.326 e. The molecule has 8 amide bonds. The summed E-state index contributed by atoms with van der Waals surface area (Å²) in [4.78, 5) is 162. The molecule has 390 valence electrons. The molecule has 0 bridgehead atoms. The average Bonchev–Trinajstić information content (AvgIpc) is 3.27. The second-order valence-corrected chi connectivity index (χ2v) is 15.3. The number of carboxylic acids is 5. The summed E-state index contributed by atoms with van der Waals surface area (Å²) in [6.45, 7) is 0.604. The monoisotopic (exact) mass is 995 g/mol. The van der Waals surface area contributed by atoms with E-state index in [1.807, 2.05) is 31.9 Å². The minimum atomic E-state index is -2.16. The van der Waals surface area contributed by atoms with E-state index in [0.717, 1.165) is 0 Å². The van der Waals surface area contributed by atoms with Crippen LogP contribution in [-0.4, -0.2) is 203 Å². The number of hydrogen-bond acceptors (Lipinski definition) is 18. The topological polar surface area (TPSA) is 526 Å². The molecule has 0 saturated heterocycles. The standard InChI is InChI=1S/C38H61N9O22/c1-4-15(2)29(47-36(66)28(39)16(3)51)37(67)41-18(6-9-25(54)55)31(61)44-22(13-49)34(64)46-23(14-50)35(65)45-21(12-48)33(63)43-20(11-27(58)59)32(62)40-17(5-8-24(52)53)30(60)42-19(38(68)69)7-10-26(56)57/h15-23,28-29,48-51H,4-14,39H2,1-3H3,(H,40,62)(H,41,67)(H,42,60)(H,43,63)(H,44,61)(H,45,65)(H,46,64)(H,47,66)(H,52,53)(H,54,55)(H,56,57)(H,58,59)(H,68,69)/t15-,16+,17-,18-,19-,20-,21-,22-,23-,28-,29-/m0/s1. The van der Waals surface area contributed by atoms with Crippen molar-refractivity contribution in [3.63, 3.8) is 0 Å². The van der Waals surface area contributed by atoms with Crippen LogP contribution in [-0.2, 0) is 62.3 Å². The molecule has 31 heteroatoms. The first-order valence-electron chi connectivity index (χ1n) is 20.9. The Morgan fingerprint density at radius 2 is 0.725 bits per heavy atom. The lowest BCUT2D eigenvalue weighted by Gasteiger charge is -2.28.